The summed E-state index contributed by atoms with van der Waals surface area (Å²) in [6.45, 7) is 8.35. The SMILES string of the molecule is CCC(O[Si](C)(C)C)(C(=O)c1ccc(OC)cc1)c1ccccc1. The van der Waals surface area contributed by atoms with Gasteiger partial charge in [-0.25, -0.2) is 0 Å². The molecule has 0 fully saturated rings. The van der Waals surface area contributed by atoms with Gasteiger partial charge in [0.1, 0.15) is 11.4 Å². The highest BCUT2D eigenvalue weighted by Crippen LogP contribution is 2.36. The van der Waals surface area contributed by atoms with Gasteiger partial charge >= 0.3 is 0 Å². The zero-order chi connectivity index (χ0) is 17.8. The Morgan fingerprint density at radius 2 is 1.58 bits per heavy atom. The molecule has 128 valence electrons. The molecule has 24 heavy (non-hydrogen) atoms. The van der Waals surface area contributed by atoms with E-state index in [-0.39, 0.29) is 5.78 Å². The molecule has 0 heterocycles. The number of Topliss-reactive ketones (excluding diaryl/α,β-unsaturated/α-hetero) is 1. The zero-order valence-corrected chi connectivity index (χ0v) is 16.1. The maximum atomic E-state index is 13.4. The molecule has 2 rings (SSSR count). The largest absolute Gasteiger partial charge is 0.497 e. The van der Waals surface area contributed by atoms with Crippen molar-refractivity contribution in [2.24, 2.45) is 0 Å². The van der Waals surface area contributed by atoms with E-state index in [0.29, 0.717) is 12.0 Å². The van der Waals surface area contributed by atoms with E-state index in [4.69, 9.17) is 9.16 Å². The Kier molecular flexibility index (Phi) is 5.62. The highest BCUT2D eigenvalue weighted by Gasteiger charge is 2.43. The maximum absolute atomic E-state index is 13.4. The Labute approximate surface area is 145 Å². The average Bonchev–Trinajstić information content (AvgIpc) is 2.59. The van der Waals surface area contributed by atoms with E-state index in [1.807, 2.05) is 61.5 Å². The zero-order valence-electron chi connectivity index (χ0n) is 15.1. The molecule has 0 aliphatic rings. The minimum Gasteiger partial charge on any atom is -0.497 e. The van der Waals surface area contributed by atoms with E-state index in [1.165, 1.54) is 0 Å². The van der Waals surface area contributed by atoms with E-state index in [2.05, 4.69) is 19.6 Å². The molecule has 0 saturated heterocycles. The van der Waals surface area contributed by atoms with Crippen LogP contribution in [-0.2, 0) is 10.0 Å². The molecule has 1 atom stereocenters. The minimum absolute atomic E-state index is 0.00118. The van der Waals surface area contributed by atoms with Crippen LogP contribution in [0.25, 0.3) is 0 Å². The first-order valence-electron chi connectivity index (χ1n) is 8.27. The smallest absolute Gasteiger partial charge is 0.198 e. The predicted molar refractivity (Wildman–Crippen MR) is 100 cm³/mol. The van der Waals surface area contributed by atoms with Crippen LogP contribution in [0.3, 0.4) is 0 Å². The second-order valence-electron chi connectivity index (χ2n) is 6.82. The molecule has 0 aliphatic carbocycles. The molecule has 0 amide bonds. The summed E-state index contributed by atoms with van der Waals surface area (Å²) in [5.74, 6) is 0.737. The molecule has 0 radical (unpaired) electrons. The van der Waals surface area contributed by atoms with E-state index >= 15 is 0 Å². The van der Waals surface area contributed by atoms with Crippen molar-refractivity contribution < 1.29 is 14.0 Å². The third-order valence-electron chi connectivity index (χ3n) is 3.94. The van der Waals surface area contributed by atoms with Gasteiger partial charge in [0.25, 0.3) is 0 Å². The van der Waals surface area contributed by atoms with E-state index in [9.17, 15) is 4.79 Å². The first kappa shape index (κ1) is 18.4. The van der Waals surface area contributed by atoms with Crippen LogP contribution in [0, 0.1) is 0 Å². The third kappa shape index (κ3) is 3.94. The Balaban J connectivity index is 2.53. The first-order chi connectivity index (χ1) is 11.3. The summed E-state index contributed by atoms with van der Waals surface area (Å²) >= 11 is 0. The van der Waals surface area contributed by atoms with Gasteiger partial charge in [-0.05, 0) is 55.9 Å². The summed E-state index contributed by atoms with van der Waals surface area (Å²) in [5.41, 5.74) is 0.607. The topological polar surface area (TPSA) is 35.5 Å². The van der Waals surface area contributed by atoms with Crippen molar-refractivity contribution in [3.05, 3.63) is 65.7 Å². The van der Waals surface area contributed by atoms with Crippen LogP contribution in [0.15, 0.2) is 54.6 Å². The van der Waals surface area contributed by atoms with Gasteiger partial charge in [-0.1, -0.05) is 37.3 Å². The number of ether oxygens (including phenoxy) is 1. The molecule has 0 saturated carbocycles. The molecule has 1 unspecified atom stereocenters. The molecule has 0 aliphatic heterocycles. The van der Waals surface area contributed by atoms with Crippen molar-refractivity contribution in [3.63, 3.8) is 0 Å². The number of benzene rings is 2. The summed E-state index contributed by atoms with van der Waals surface area (Å²) in [4.78, 5) is 13.4. The summed E-state index contributed by atoms with van der Waals surface area (Å²) in [5, 5.41) is 0. The number of carbonyl (C=O) groups is 1. The van der Waals surface area contributed by atoms with Gasteiger partial charge in [0.15, 0.2) is 14.1 Å². The van der Waals surface area contributed by atoms with Crippen molar-refractivity contribution in [1.29, 1.82) is 0 Å². The molecule has 2 aromatic rings. The predicted octanol–water partition coefficient (Wildman–Crippen LogP) is 5.03. The summed E-state index contributed by atoms with van der Waals surface area (Å²) in [6.07, 6.45) is 0.589. The molecule has 4 heteroatoms. The molecule has 0 spiro atoms. The van der Waals surface area contributed by atoms with Gasteiger partial charge in [-0.2, -0.15) is 0 Å². The van der Waals surface area contributed by atoms with Crippen LogP contribution in [0.2, 0.25) is 19.6 Å². The van der Waals surface area contributed by atoms with Gasteiger partial charge in [0, 0.05) is 5.56 Å². The number of hydrogen-bond donors (Lipinski definition) is 0. The second-order valence-corrected chi connectivity index (χ2v) is 11.2. The average molecular weight is 343 g/mol. The lowest BCUT2D eigenvalue weighted by atomic mass is 9.84. The summed E-state index contributed by atoms with van der Waals surface area (Å²) < 4.78 is 11.7. The Hall–Kier alpha value is -1.91. The monoisotopic (exact) mass is 342 g/mol. The lowest BCUT2D eigenvalue weighted by molar-refractivity contribution is 0.0375. The highest BCUT2D eigenvalue weighted by atomic mass is 28.4. The van der Waals surface area contributed by atoms with Crippen molar-refractivity contribution in [3.8, 4) is 5.75 Å². The number of methoxy groups -OCH3 is 1. The van der Waals surface area contributed by atoms with Crippen molar-refractivity contribution in [1.82, 2.24) is 0 Å². The highest BCUT2D eigenvalue weighted by molar-refractivity contribution is 6.70. The molecule has 0 bridgehead atoms. The van der Waals surface area contributed by atoms with Gasteiger partial charge in [-0.3, -0.25) is 4.79 Å². The fourth-order valence-electron chi connectivity index (χ4n) is 2.88. The molecular formula is C20H26O3Si. The number of carbonyl (C=O) groups excluding carboxylic acids is 1. The van der Waals surface area contributed by atoms with Crippen LogP contribution in [0.4, 0.5) is 0 Å². The lowest BCUT2D eigenvalue weighted by Crippen LogP contribution is -2.46. The van der Waals surface area contributed by atoms with E-state index < -0.39 is 13.9 Å². The third-order valence-corrected chi connectivity index (χ3v) is 4.90. The molecule has 0 N–H and O–H groups in total. The van der Waals surface area contributed by atoms with E-state index in [1.54, 1.807) is 7.11 Å². The van der Waals surface area contributed by atoms with Gasteiger partial charge in [0.05, 0.1) is 7.11 Å². The number of rotatable bonds is 7. The molecule has 3 nitrogen and oxygen atoms in total. The van der Waals surface area contributed by atoms with Crippen LogP contribution >= 0.6 is 0 Å². The quantitative estimate of drug-likeness (QED) is 0.522. The number of ketones is 1. The van der Waals surface area contributed by atoms with Crippen LogP contribution in [-0.4, -0.2) is 21.2 Å². The second kappa shape index (κ2) is 7.32. The standard InChI is InChI=1S/C20H26O3Si/c1-6-20(23-24(3,4)5,17-10-8-7-9-11-17)19(21)16-12-14-18(22-2)15-13-16/h7-15H,6H2,1-5H3. The first-order valence-corrected chi connectivity index (χ1v) is 11.7. The van der Waals surface area contributed by atoms with Crippen molar-refractivity contribution in [2.45, 2.75) is 38.6 Å². The fourth-order valence-corrected chi connectivity index (χ4v) is 4.28. The van der Waals surface area contributed by atoms with E-state index in [0.717, 1.165) is 11.3 Å². The Morgan fingerprint density at radius 3 is 2.04 bits per heavy atom. The minimum atomic E-state index is -1.96. The fraction of sp³-hybridized carbons (Fsp3) is 0.350. The van der Waals surface area contributed by atoms with Crippen LogP contribution in [0.1, 0.15) is 29.3 Å². The Morgan fingerprint density at radius 1 is 1.00 bits per heavy atom. The van der Waals surface area contributed by atoms with Crippen LogP contribution in [0.5, 0.6) is 5.75 Å². The molecular weight excluding hydrogens is 316 g/mol. The normalized spacial score (nSPS) is 14.0. The Bertz CT molecular complexity index is 674. The van der Waals surface area contributed by atoms with Gasteiger partial charge in [-0.15, -0.1) is 0 Å². The van der Waals surface area contributed by atoms with Gasteiger partial charge in [0.2, 0.25) is 0 Å². The summed E-state index contributed by atoms with van der Waals surface area (Å²) in [6, 6.07) is 17.1. The molecule has 0 aromatic heterocycles. The van der Waals surface area contributed by atoms with Gasteiger partial charge < -0.3 is 9.16 Å². The maximum Gasteiger partial charge on any atom is 0.198 e. The number of hydrogen-bond acceptors (Lipinski definition) is 3. The van der Waals surface area contributed by atoms with Crippen molar-refractivity contribution >= 4 is 14.1 Å². The summed E-state index contributed by atoms with van der Waals surface area (Å²) in [7, 11) is -0.339. The van der Waals surface area contributed by atoms with Crippen LogP contribution < -0.4 is 4.74 Å². The molecule has 2 aromatic carbocycles. The lowest BCUT2D eigenvalue weighted by Gasteiger charge is -2.38. The van der Waals surface area contributed by atoms with Crippen molar-refractivity contribution in [2.75, 3.05) is 7.11 Å².